The van der Waals surface area contributed by atoms with Crippen LogP contribution in [0.15, 0.2) is 71.6 Å². The number of aromatic nitrogens is 1. The van der Waals surface area contributed by atoms with Gasteiger partial charge in [0.05, 0.1) is 27.1 Å². The molecule has 0 aliphatic heterocycles. The van der Waals surface area contributed by atoms with Crippen LogP contribution < -0.4 is 9.88 Å². The highest BCUT2D eigenvalue weighted by molar-refractivity contribution is 7.89. The van der Waals surface area contributed by atoms with E-state index in [2.05, 4.69) is 0 Å². The van der Waals surface area contributed by atoms with Crippen LogP contribution in [-0.4, -0.2) is 20.0 Å². The molecule has 5 nitrogen and oxygen atoms in total. The molecule has 0 spiro atoms. The van der Waals surface area contributed by atoms with E-state index in [0.717, 1.165) is 21.0 Å². The van der Waals surface area contributed by atoms with Gasteiger partial charge in [-0.25, -0.2) is 22.9 Å². The van der Waals surface area contributed by atoms with Crippen molar-refractivity contribution in [3.63, 3.8) is 0 Å². The van der Waals surface area contributed by atoms with Crippen molar-refractivity contribution in [2.45, 2.75) is 11.3 Å². The second kappa shape index (κ2) is 9.79. The van der Waals surface area contributed by atoms with Gasteiger partial charge in [0, 0.05) is 22.0 Å². The summed E-state index contributed by atoms with van der Waals surface area (Å²) < 4.78 is 42.4. The first-order valence-electron chi connectivity index (χ1n) is 9.67. The van der Waals surface area contributed by atoms with Crippen molar-refractivity contribution in [1.82, 2.24) is 4.98 Å². The van der Waals surface area contributed by atoms with Crippen molar-refractivity contribution in [1.29, 1.82) is 0 Å². The standard InChI is InChI=1S/C23H17Cl2FN2O3S2/c24-16-11-17(25)13-19(12-16)31-10-9-21-28-22(14-1-5-18(26)6-2-14)23(32-21)15-3-7-20(8-4-15)33(27,29)30/h1-8,11-13H,9-10H2,(H2,27,29,30). The summed E-state index contributed by atoms with van der Waals surface area (Å²) in [4.78, 5) is 5.59. The smallest absolute Gasteiger partial charge is 0.238 e. The second-order valence-electron chi connectivity index (χ2n) is 7.07. The van der Waals surface area contributed by atoms with Crippen LogP contribution in [0, 0.1) is 5.82 Å². The molecule has 33 heavy (non-hydrogen) atoms. The Kier molecular flexibility index (Phi) is 7.02. The quantitative estimate of drug-likeness (QED) is 0.313. The Balaban J connectivity index is 1.63. The lowest BCUT2D eigenvalue weighted by molar-refractivity contribution is 0.322. The molecule has 3 aromatic carbocycles. The third-order valence-corrected chi connectivity index (χ3v) is 7.18. The van der Waals surface area contributed by atoms with E-state index in [-0.39, 0.29) is 10.7 Å². The van der Waals surface area contributed by atoms with Gasteiger partial charge < -0.3 is 4.74 Å². The summed E-state index contributed by atoms with van der Waals surface area (Å²) in [5, 5.41) is 6.97. The third-order valence-electron chi connectivity index (χ3n) is 4.65. The van der Waals surface area contributed by atoms with Crippen molar-refractivity contribution in [2.75, 3.05) is 6.61 Å². The van der Waals surface area contributed by atoms with Crippen molar-refractivity contribution >= 4 is 44.6 Å². The summed E-state index contributed by atoms with van der Waals surface area (Å²) >= 11 is 13.5. The van der Waals surface area contributed by atoms with E-state index < -0.39 is 10.0 Å². The second-order valence-corrected chi connectivity index (χ2v) is 10.6. The molecule has 2 N–H and O–H groups in total. The first kappa shape index (κ1) is 23.7. The molecule has 0 amide bonds. The topological polar surface area (TPSA) is 82.3 Å². The Hall–Kier alpha value is -2.49. The van der Waals surface area contributed by atoms with Gasteiger partial charge in [-0.05, 0) is 60.2 Å². The van der Waals surface area contributed by atoms with E-state index in [1.54, 1.807) is 42.5 Å². The van der Waals surface area contributed by atoms with Crippen LogP contribution in [-0.2, 0) is 16.4 Å². The summed E-state index contributed by atoms with van der Waals surface area (Å²) in [7, 11) is -3.80. The van der Waals surface area contributed by atoms with Gasteiger partial charge in [0.1, 0.15) is 11.6 Å². The Morgan fingerprint density at radius 2 is 1.55 bits per heavy atom. The zero-order valence-electron chi connectivity index (χ0n) is 17.0. The third kappa shape index (κ3) is 5.90. The number of hydrogen-bond donors (Lipinski definition) is 1. The number of primary sulfonamides is 1. The number of rotatable bonds is 7. The number of thiazole rings is 1. The summed E-state index contributed by atoms with van der Waals surface area (Å²) in [5.74, 6) is 0.212. The molecule has 10 heteroatoms. The lowest BCUT2D eigenvalue weighted by Crippen LogP contribution is -2.11. The molecule has 0 radical (unpaired) electrons. The van der Waals surface area contributed by atoms with Crippen molar-refractivity contribution in [2.24, 2.45) is 5.14 Å². The van der Waals surface area contributed by atoms with Gasteiger partial charge in [0.15, 0.2) is 0 Å². The molecule has 0 fully saturated rings. The van der Waals surface area contributed by atoms with Crippen LogP contribution in [0.25, 0.3) is 21.7 Å². The van der Waals surface area contributed by atoms with Gasteiger partial charge in [-0.3, -0.25) is 0 Å². The Morgan fingerprint density at radius 1 is 0.939 bits per heavy atom. The predicted octanol–water partition coefficient (Wildman–Crippen LogP) is 6.19. The molecule has 1 heterocycles. The Bertz CT molecular complexity index is 1370. The molecule has 0 unspecified atom stereocenters. The number of halogens is 3. The van der Waals surface area contributed by atoms with Gasteiger partial charge in [-0.1, -0.05) is 35.3 Å². The number of nitrogens with two attached hydrogens (primary N) is 1. The molecule has 0 bridgehead atoms. The minimum Gasteiger partial charge on any atom is -0.493 e. The highest BCUT2D eigenvalue weighted by Gasteiger charge is 2.17. The SMILES string of the molecule is NS(=O)(=O)c1ccc(-c2sc(CCOc3cc(Cl)cc(Cl)c3)nc2-c2ccc(F)cc2)cc1. The molecule has 0 aliphatic carbocycles. The summed E-state index contributed by atoms with van der Waals surface area (Å²) in [6, 6.07) is 17.3. The molecule has 0 saturated heterocycles. The number of hydrogen-bond acceptors (Lipinski definition) is 5. The molecule has 4 rings (SSSR count). The maximum absolute atomic E-state index is 13.4. The van der Waals surface area contributed by atoms with Gasteiger partial charge in [0.25, 0.3) is 0 Å². The average molecular weight is 523 g/mol. The zero-order chi connectivity index (χ0) is 23.6. The maximum atomic E-state index is 13.4. The van der Waals surface area contributed by atoms with Crippen molar-refractivity contribution < 1.29 is 17.5 Å². The fraction of sp³-hybridized carbons (Fsp3) is 0.0870. The van der Waals surface area contributed by atoms with Crippen LogP contribution in [0.3, 0.4) is 0 Å². The van der Waals surface area contributed by atoms with E-state index in [1.807, 2.05) is 0 Å². The minimum atomic E-state index is -3.80. The predicted molar refractivity (Wildman–Crippen MR) is 130 cm³/mol. The molecular weight excluding hydrogens is 506 g/mol. The van der Waals surface area contributed by atoms with Gasteiger partial charge >= 0.3 is 0 Å². The minimum absolute atomic E-state index is 0.0212. The Labute approximate surface area is 204 Å². The van der Waals surface area contributed by atoms with E-state index in [4.69, 9.17) is 38.1 Å². The van der Waals surface area contributed by atoms with E-state index in [1.165, 1.54) is 35.6 Å². The van der Waals surface area contributed by atoms with Crippen molar-refractivity contribution in [3.05, 3.63) is 87.6 Å². The van der Waals surface area contributed by atoms with Gasteiger partial charge in [0.2, 0.25) is 10.0 Å². The highest BCUT2D eigenvalue weighted by Crippen LogP contribution is 2.37. The first-order valence-corrected chi connectivity index (χ1v) is 12.8. The fourth-order valence-corrected chi connectivity index (χ4v) is 5.23. The lowest BCUT2D eigenvalue weighted by atomic mass is 10.1. The van der Waals surface area contributed by atoms with Crippen LogP contribution in [0.1, 0.15) is 5.01 Å². The van der Waals surface area contributed by atoms with Crippen LogP contribution in [0.2, 0.25) is 10.0 Å². The van der Waals surface area contributed by atoms with Crippen molar-refractivity contribution in [3.8, 4) is 27.4 Å². The molecule has 0 atom stereocenters. The molecule has 4 aromatic rings. The lowest BCUT2D eigenvalue weighted by Gasteiger charge is -2.05. The van der Waals surface area contributed by atoms with E-state index >= 15 is 0 Å². The normalized spacial score (nSPS) is 11.5. The largest absolute Gasteiger partial charge is 0.493 e. The number of nitrogens with zero attached hydrogens (tertiary/aromatic N) is 1. The Morgan fingerprint density at radius 3 is 2.15 bits per heavy atom. The van der Waals surface area contributed by atoms with Crippen LogP contribution in [0.4, 0.5) is 4.39 Å². The zero-order valence-corrected chi connectivity index (χ0v) is 20.1. The number of ether oxygens (including phenoxy) is 1. The number of sulfonamides is 1. The first-order chi connectivity index (χ1) is 15.7. The number of benzene rings is 3. The van der Waals surface area contributed by atoms with Crippen LogP contribution in [0.5, 0.6) is 5.75 Å². The monoisotopic (exact) mass is 522 g/mol. The molecule has 0 aliphatic rings. The average Bonchev–Trinajstić information content (AvgIpc) is 3.17. The highest BCUT2D eigenvalue weighted by atomic mass is 35.5. The van der Waals surface area contributed by atoms with Crippen LogP contribution >= 0.6 is 34.5 Å². The molecule has 0 saturated carbocycles. The molecular formula is C23H17Cl2FN2O3S2. The molecule has 170 valence electrons. The van der Waals surface area contributed by atoms with Gasteiger partial charge in [-0.2, -0.15) is 0 Å². The molecule has 1 aromatic heterocycles. The van der Waals surface area contributed by atoms with E-state index in [9.17, 15) is 12.8 Å². The van der Waals surface area contributed by atoms with E-state index in [0.29, 0.717) is 34.5 Å². The fourth-order valence-electron chi connectivity index (χ4n) is 3.13. The summed E-state index contributed by atoms with van der Waals surface area (Å²) in [6.07, 6.45) is 0.512. The van der Waals surface area contributed by atoms with Gasteiger partial charge in [-0.15, -0.1) is 11.3 Å². The maximum Gasteiger partial charge on any atom is 0.238 e. The summed E-state index contributed by atoms with van der Waals surface area (Å²) in [5.41, 5.74) is 2.18. The summed E-state index contributed by atoms with van der Waals surface area (Å²) in [6.45, 7) is 0.344.